The van der Waals surface area contributed by atoms with E-state index in [-0.39, 0.29) is 0 Å². The van der Waals surface area contributed by atoms with Crippen molar-refractivity contribution in [1.82, 2.24) is 0 Å². The van der Waals surface area contributed by atoms with Crippen molar-refractivity contribution in [2.24, 2.45) is 0 Å². The monoisotopic (exact) mass is 402 g/mol. The summed E-state index contributed by atoms with van der Waals surface area (Å²) in [7, 11) is -6.61. The van der Waals surface area contributed by atoms with Crippen LogP contribution in [0.2, 0.25) is 0 Å². The van der Waals surface area contributed by atoms with Gasteiger partial charge in [-0.2, -0.15) is 0 Å². The Kier molecular flexibility index (Phi) is 20.3. The summed E-state index contributed by atoms with van der Waals surface area (Å²) in [4.78, 5) is 0. The molecule has 0 unspecified atom stereocenters. The highest BCUT2D eigenvalue weighted by Crippen LogP contribution is 2.61. The molecule has 0 aliphatic carbocycles. The van der Waals surface area contributed by atoms with Crippen LogP contribution in [0.3, 0.4) is 0 Å². The van der Waals surface area contributed by atoms with E-state index < -0.39 is 14.5 Å². The minimum atomic E-state index is -6.00. The fourth-order valence-electron chi connectivity index (χ4n) is 3.46. The van der Waals surface area contributed by atoms with Gasteiger partial charge in [-0.3, -0.25) is 0 Å². The molecule has 0 bridgehead atoms. The number of unbranched alkanes of at least 4 members (excludes halogenated alkanes) is 8. The van der Waals surface area contributed by atoms with Crippen LogP contribution in [0.4, 0.5) is 17.3 Å². The van der Waals surface area contributed by atoms with Crippen molar-refractivity contribution in [3.05, 3.63) is 0 Å². The standard InChI is InChI=1S/C20H44P.BF4/c1-5-9-13-17-21(18-14-10-6-2,19-15-11-7-3)20-16-12-8-4;2-1(3,4)5/h5-20H2,1-4H3;/q+1;-1. The van der Waals surface area contributed by atoms with Crippen LogP contribution in [0.25, 0.3) is 0 Å². The summed E-state index contributed by atoms with van der Waals surface area (Å²) in [5, 5.41) is 0. The van der Waals surface area contributed by atoms with Crippen LogP contribution in [0.15, 0.2) is 0 Å². The fraction of sp³-hybridized carbons (Fsp3) is 1.00. The summed E-state index contributed by atoms with van der Waals surface area (Å²) in [6.07, 6.45) is 24.0. The molecule has 0 nitrogen and oxygen atoms in total. The first-order valence-corrected chi connectivity index (χ1v) is 13.5. The molecule has 0 aromatic rings. The Hall–Kier alpha value is 0.215. The Morgan fingerprint density at radius 1 is 0.462 bits per heavy atom. The molecule has 0 aliphatic rings. The third-order valence-corrected chi connectivity index (χ3v) is 10.0. The van der Waals surface area contributed by atoms with E-state index in [4.69, 9.17) is 0 Å². The Labute approximate surface area is 161 Å². The Morgan fingerprint density at radius 2 is 0.654 bits per heavy atom. The van der Waals surface area contributed by atoms with Gasteiger partial charge >= 0.3 is 7.25 Å². The highest BCUT2D eigenvalue weighted by Gasteiger charge is 2.34. The maximum Gasteiger partial charge on any atom is 0.673 e. The van der Waals surface area contributed by atoms with E-state index in [2.05, 4.69) is 27.7 Å². The van der Waals surface area contributed by atoms with Gasteiger partial charge in [-0.1, -0.05) is 79.1 Å². The molecule has 0 radical (unpaired) electrons. The molecule has 0 saturated heterocycles. The molecule has 0 aromatic carbocycles. The van der Waals surface area contributed by atoms with Gasteiger partial charge in [-0.05, 0) is 25.7 Å². The summed E-state index contributed by atoms with van der Waals surface area (Å²) in [5.41, 5.74) is 0. The molecule has 6 heteroatoms. The molecule has 0 spiro atoms. The first-order chi connectivity index (χ1) is 12.2. The zero-order valence-corrected chi connectivity index (χ0v) is 18.7. The SMILES string of the molecule is CCCCC[P+](CCCCC)(CCCCC)CCCCC.F[B-](F)(F)F. The van der Waals surface area contributed by atoms with Crippen molar-refractivity contribution in [2.75, 3.05) is 24.6 Å². The summed E-state index contributed by atoms with van der Waals surface area (Å²) >= 11 is 0. The molecule has 0 rings (SSSR count). The first-order valence-electron chi connectivity index (χ1n) is 11.0. The second-order valence-corrected chi connectivity index (χ2v) is 12.0. The lowest BCUT2D eigenvalue weighted by atomic mass is 10.3. The highest BCUT2D eigenvalue weighted by atomic mass is 31.2. The highest BCUT2D eigenvalue weighted by molar-refractivity contribution is 7.75. The first kappa shape index (κ1) is 28.4. The smallest absolute Gasteiger partial charge is 0.418 e. The topological polar surface area (TPSA) is 0 Å². The molecule has 0 atom stereocenters. The second kappa shape index (κ2) is 18.6. The van der Waals surface area contributed by atoms with Crippen molar-refractivity contribution in [2.45, 2.75) is 105 Å². The van der Waals surface area contributed by atoms with Gasteiger partial charge < -0.3 is 17.3 Å². The maximum absolute atomic E-state index is 9.75. The summed E-state index contributed by atoms with van der Waals surface area (Å²) in [6, 6.07) is 0. The van der Waals surface area contributed by atoms with Gasteiger partial charge in [0.15, 0.2) is 0 Å². The van der Waals surface area contributed by atoms with Crippen LogP contribution >= 0.6 is 7.26 Å². The number of hydrogen-bond acceptors (Lipinski definition) is 0. The van der Waals surface area contributed by atoms with Crippen LogP contribution in [-0.4, -0.2) is 31.9 Å². The molecule has 0 amide bonds. The van der Waals surface area contributed by atoms with Crippen molar-refractivity contribution < 1.29 is 17.3 Å². The third kappa shape index (κ3) is 22.3. The van der Waals surface area contributed by atoms with Crippen LogP contribution < -0.4 is 0 Å². The maximum atomic E-state index is 9.75. The zero-order chi connectivity index (χ0) is 20.3. The second-order valence-electron chi connectivity index (χ2n) is 7.56. The van der Waals surface area contributed by atoms with E-state index in [0.29, 0.717) is 0 Å². The molecule has 26 heavy (non-hydrogen) atoms. The summed E-state index contributed by atoms with van der Waals surface area (Å²) < 4.78 is 39.0. The Balaban J connectivity index is 0. The fourth-order valence-corrected chi connectivity index (χ4v) is 8.38. The minimum Gasteiger partial charge on any atom is -0.418 e. The van der Waals surface area contributed by atoms with E-state index in [0.717, 1.165) is 0 Å². The van der Waals surface area contributed by atoms with E-state index in [1.165, 1.54) is 77.0 Å². The summed E-state index contributed by atoms with van der Waals surface area (Å²) in [6.45, 7) is 9.41. The molecule has 0 aromatic heterocycles. The lowest BCUT2D eigenvalue weighted by Gasteiger charge is -2.28. The lowest BCUT2D eigenvalue weighted by Crippen LogP contribution is -2.13. The van der Waals surface area contributed by atoms with Gasteiger partial charge in [-0.15, -0.1) is 0 Å². The molecule has 0 N–H and O–H groups in total. The minimum absolute atomic E-state index is 0.615. The van der Waals surface area contributed by atoms with Crippen molar-refractivity contribution in [1.29, 1.82) is 0 Å². The molecule has 160 valence electrons. The van der Waals surface area contributed by atoms with Crippen molar-refractivity contribution >= 4 is 14.5 Å². The van der Waals surface area contributed by atoms with Crippen LogP contribution in [0.1, 0.15) is 105 Å². The van der Waals surface area contributed by atoms with Gasteiger partial charge in [0.2, 0.25) is 0 Å². The largest absolute Gasteiger partial charge is 0.673 e. The van der Waals surface area contributed by atoms with Gasteiger partial charge in [0.25, 0.3) is 0 Å². The van der Waals surface area contributed by atoms with Gasteiger partial charge in [-0.25, -0.2) is 0 Å². The third-order valence-electron chi connectivity index (χ3n) is 4.94. The van der Waals surface area contributed by atoms with Crippen LogP contribution in [-0.2, 0) is 0 Å². The molecule has 0 aliphatic heterocycles. The van der Waals surface area contributed by atoms with E-state index in [1.54, 1.807) is 24.6 Å². The average Bonchev–Trinajstić information content (AvgIpc) is 2.54. The lowest BCUT2D eigenvalue weighted by molar-refractivity contribution is 0.368. The summed E-state index contributed by atoms with van der Waals surface area (Å²) in [5.74, 6) is 0. The van der Waals surface area contributed by atoms with Gasteiger partial charge in [0, 0.05) is 7.26 Å². The predicted octanol–water partition coefficient (Wildman–Crippen LogP) is 9.06. The van der Waals surface area contributed by atoms with Crippen LogP contribution in [0.5, 0.6) is 0 Å². The zero-order valence-electron chi connectivity index (χ0n) is 17.9. The molecule has 0 heterocycles. The Bertz CT molecular complexity index is 234. The quantitative estimate of drug-likeness (QED) is 0.105. The molecular formula is C20H44BF4P. The van der Waals surface area contributed by atoms with E-state index in [9.17, 15) is 17.3 Å². The number of hydrogen-bond donors (Lipinski definition) is 0. The van der Waals surface area contributed by atoms with Crippen LogP contribution in [0, 0.1) is 0 Å². The van der Waals surface area contributed by atoms with E-state index >= 15 is 0 Å². The molecule has 0 fully saturated rings. The van der Waals surface area contributed by atoms with Gasteiger partial charge in [0.1, 0.15) is 0 Å². The normalized spacial score (nSPS) is 12.0. The van der Waals surface area contributed by atoms with E-state index in [1.807, 2.05) is 0 Å². The number of halogens is 4. The van der Waals surface area contributed by atoms with Gasteiger partial charge in [0.05, 0.1) is 24.6 Å². The molecular weight excluding hydrogens is 358 g/mol. The van der Waals surface area contributed by atoms with Crippen molar-refractivity contribution in [3.8, 4) is 0 Å². The molecule has 0 saturated carbocycles. The van der Waals surface area contributed by atoms with Crippen molar-refractivity contribution in [3.63, 3.8) is 0 Å². The predicted molar refractivity (Wildman–Crippen MR) is 115 cm³/mol. The number of rotatable bonds is 16. The Morgan fingerprint density at radius 3 is 0.808 bits per heavy atom. The average molecular weight is 402 g/mol.